The molecule has 2 amide bonds. The number of benzene rings is 1. The van der Waals surface area contributed by atoms with E-state index in [1.165, 1.54) is 16.3 Å². The van der Waals surface area contributed by atoms with Gasteiger partial charge in [-0.15, -0.1) is 16.8 Å². The van der Waals surface area contributed by atoms with Crippen LogP contribution in [0.3, 0.4) is 0 Å². The molecule has 0 atom stereocenters. The molecule has 0 aliphatic carbocycles. The Bertz CT molecular complexity index is 1150. The molecule has 3 rings (SSSR count). The van der Waals surface area contributed by atoms with Gasteiger partial charge in [-0.05, 0) is 12.1 Å². The van der Waals surface area contributed by atoms with Crippen molar-refractivity contribution in [2.24, 2.45) is 5.92 Å². The summed E-state index contributed by atoms with van der Waals surface area (Å²) in [5.41, 5.74) is 0.519. The third-order valence-electron chi connectivity index (χ3n) is 4.39. The zero-order valence-corrected chi connectivity index (χ0v) is 17.7. The molecule has 0 bridgehead atoms. The van der Waals surface area contributed by atoms with Gasteiger partial charge >= 0.3 is 0 Å². The SMILES string of the molecule is C=CCn1c(=O)c2ccccc2n2c(SCC(=O)NCCNC(=O)C(C)C)nnc12. The van der Waals surface area contributed by atoms with Crippen molar-refractivity contribution in [1.29, 1.82) is 0 Å². The van der Waals surface area contributed by atoms with Crippen LogP contribution in [0.4, 0.5) is 0 Å². The summed E-state index contributed by atoms with van der Waals surface area (Å²) in [6.07, 6.45) is 1.63. The Hall–Kier alpha value is -3.14. The number of carbonyl (C=O) groups excluding carboxylic acids is 2. The van der Waals surface area contributed by atoms with Gasteiger partial charge in [-0.3, -0.25) is 23.4 Å². The van der Waals surface area contributed by atoms with Gasteiger partial charge in [0.25, 0.3) is 5.56 Å². The van der Waals surface area contributed by atoms with Gasteiger partial charge in [0.05, 0.1) is 16.7 Å². The van der Waals surface area contributed by atoms with E-state index < -0.39 is 0 Å². The molecule has 9 nitrogen and oxygen atoms in total. The molecular weight excluding hydrogens is 404 g/mol. The first-order valence-corrected chi connectivity index (χ1v) is 10.6. The minimum atomic E-state index is -0.181. The number of carbonyl (C=O) groups is 2. The molecule has 0 saturated heterocycles. The number of fused-ring (bicyclic) bond motifs is 3. The predicted octanol–water partition coefficient (Wildman–Crippen LogP) is 1.21. The first-order chi connectivity index (χ1) is 14.4. The molecule has 158 valence electrons. The van der Waals surface area contributed by atoms with Crippen LogP contribution < -0.4 is 16.2 Å². The third-order valence-corrected chi connectivity index (χ3v) is 5.32. The Labute approximate surface area is 177 Å². The van der Waals surface area contributed by atoms with Gasteiger partial charge in [0, 0.05) is 25.6 Å². The van der Waals surface area contributed by atoms with Crippen LogP contribution in [0.1, 0.15) is 13.8 Å². The van der Waals surface area contributed by atoms with E-state index in [1.807, 2.05) is 26.0 Å². The summed E-state index contributed by atoms with van der Waals surface area (Å²) in [7, 11) is 0. The Balaban J connectivity index is 1.74. The number of allylic oxidation sites excluding steroid dienone is 1. The van der Waals surface area contributed by atoms with E-state index in [2.05, 4.69) is 27.4 Å². The maximum Gasteiger partial charge on any atom is 0.263 e. The normalized spacial score (nSPS) is 11.2. The summed E-state index contributed by atoms with van der Waals surface area (Å²) in [4.78, 5) is 36.5. The molecule has 0 radical (unpaired) electrons. The van der Waals surface area contributed by atoms with Crippen LogP contribution in [0.15, 0.2) is 46.9 Å². The predicted molar refractivity (Wildman–Crippen MR) is 117 cm³/mol. The molecule has 0 fully saturated rings. The highest BCUT2D eigenvalue weighted by atomic mass is 32.2. The molecule has 0 spiro atoms. The van der Waals surface area contributed by atoms with Gasteiger partial charge in [-0.2, -0.15) is 0 Å². The number of amides is 2. The second-order valence-electron chi connectivity index (χ2n) is 6.92. The number of aromatic nitrogens is 4. The number of hydrogen-bond acceptors (Lipinski definition) is 6. The zero-order valence-electron chi connectivity index (χ0n) is 16.9. The maximum absolute atomic E-state index is 12.8. The first-order valence-electron chi connectivity index (χ1n) is 9.58. The summed E-state index contributed by atoms with van der Waals surface area (Å²) < 4.78 is 3.28. The van der Waals surface area contributed by atoms with Gasteiger partial charge in [0.1, 0.15) is 0 Å². The van der Waals surface area contributed by atoms with Crippen LogP contribution in [0.2, 0.25) is 0 Å². The Morgan fingerprint density at radius 1 is 1.20 bits per heavy atom. The van der Waals surface area contributed by atoms with Crippen molar-refractivity contribution < 1.29 is 9.59 Å². The molecule has 0 unspecified atom stereocenters. The molecule has 10 heteroatoms. The van der Waals surface area contributed by atoms with E-state index in [9.17, 15) is 14.4 Å². The maximum atomic E-state index is 12.8. The van der Waals surface area contributed by atoms with E-state index in [1.54, 1.807) is 22.6 Å². The molecular formula is C20H24N6O3S. The third kappa shape index (κ3) is 4.54. The lowest BCUT2D eigenvalue weighted by molar-refractivity contribution is -0.124. The highest BCUT2D eigenvalue weighted by Gasteiger charge is 2.17. The van der Waals surface area contributed by atoms with Crippen molar-refractivity contribution in [2.45, 2.75) is 25.5 Å². The summed E-state index contributed by atoms with van der Waals surface area (Å²) in [5, 5.41) is 14.9. The van der Waals surface area contributed by atoms with E-state index in [0.29, 0.717) is 41.5 Å². The fourth-order valence-corrected chi connectivity index (χ4v) is 3.66. The molecule has 2 N–H and O–H groups in total. The number of nitrogens with one attached hydrogen (secondary N) is 2. The smallest absolute Gasteiger partial charge is 0.263 e. The average molecular weight is 429 g/mol. The van der Waals surface area contributed by atoms with Gasteiger partial charge in [-0.25, -0.2) is 0 Å². The van der Waals surface area contributed by atoms with Gasteiger partial charge in [-0.1, -0.05) is 43.8 Å². The van der Waals surface area contributed by atoms with E-state index in [0.717, 1.165) is 0 Å². The van der Waals surface area contributed by atoms with Crippen molar-refractivity contribution in [1.82, 2.24) is 29.8 Å². The number of para-hydroxylation sites is 1. The van der Waals surface area contributed by atoms with Crippen LogP contribution in [-0.2, 0) is 16.1 Å². The van der Waals surface area contributed by atoms with Crippen molar-refractivity contribution >= 4 is 40.3 Å². The fourth-order valence-electron chi connectivity index (χ4n) is 2.89. The van der Waals surface area contributed by atoms with Crippen LogP contribution in [0.25, 0.3) is 16.7 Å². The molecule has 30 heavy (non-hydrogen) atoms. The Morgan fingerprint density at radius 2 is 1.93 bits per heavy atom. The van der Waals surface area contributed by atoms with Crippen LogP contribution >= 0.6 is 11.8 Å². The van der Waals surface area contributed by atoms with Crippen molar-refractivity contribution in [3.05, 3.63) is 47.3 Å². The first kappa shape index (κ1) is 21.6. The van der Waals surface area contributed by atoms with Gasteiger partial charge < -0.3 is 10.6 Å². The standard InChI is InChI=1S/C20H24N6O3S/c1-4-11-25-18(29)14-7-5-6-8-15(14)26-19(25)23-24-20(26)30-12-16(27)21-9-10-22-17(28)13(2)3/h4-8,13H,1,9-12H2,2-3H3,(H,21,27)(H,22,28). The average Bonchev–Trinajstić information content (AvgIpc) is 3.16. The highest BCUT2D eigenvalue weighted by Crippen LogP contribution is 2.21. The molecule has 3 aromatic rings. The fraction of sp³-hybridized carbons (Fsp3) is 0.350. The molecule has 0 aliphatic rings. The number of nitrogens with zero attached hydrogens (tertiary/aromatic N) is 4. The lowest BCUT2D eigenvalue weighted by Gasteiger charge is -2.10. The summed E-state index contributed by atoms with van der Waals surface area (Å²) in [5.74, 6) is 0.211. The topological polar surface area (TPSA) is 110 Å². The second kappa shape index (κ2) is 9.57. The lowest BCUT2D eigenvalue weighted by atomic mass is 10.2. The second-order valence-corrected chi connectivity index (χ2v) is 7.87. The minimum Gasteiger partial charge on any atom is -0.354 e. The quantitative estimate of drug-likeness (QED) is 0.301. The molecule has 0 saturated carbocycles. The van der Waals surface area contributed by atoms with E-state index >= 15 is 0 Å². The molecule has 2 heterocycles. The van der Waals surface area contributed by atoms with Crippen molar-refractivity contribution in [3.63, 3.8) is 0 Å². The number of thioether (sulfide) groups is 1. The summed E-state index contributed by atoms with van der Waals surface area (Å²) in [6.45, 7) is 8.35. The summed E-state index contributed by atoms with van der Waals surface area (Å²) >= 11 is 1.23. The summed E-state index contributed by atoms with van der Waals surface area (Å²) in [6, 6.07) is 7.22. The van der Waals surface area contributed by atoms with Gasteiger partial charge in [0.2, 0.25) is 17.6 Å². The van der Waals surface area contributed by atoms with Crippen LogP contribution in [-0.4, -0.2) is 49.8 Å². The molecule has 0 aliphatic heterocycles. The minimum absolute atomic E-state index is 0.0500. The number of rotatable bonds is 9. The Morgan fingerprint density at radius 3 is 2.67 bits per heavy atom. The number of hydrogen-bond donors (Lipinski definition) is 2. The van der Waals surface area contributed by atoms with Crippen LogP contribution in [0.5, 0.6) is 0 Å². The monoisotopic (exact) mass is 428 g/mol. The van der Waals surface area contributed by atoms with E-state index in [-0.39, 0.29) is 29.0 Å². The van der Waals surface area contributed by atoms with Crippen molar-refractivity contribution in [3.8, 4) is 0 Å². The Kier molecular flexibility index (Phi) is 6.88. The van der Waals surface area contributed by atoms with Gasteiger partial charge in [0.15, 0.2) is 5.16 Å². The van der Waals surface area contributed by atoms with Crippen LogP contribution in [0, 0.1) is 5.92 Å². The largest absolute Gasteiger partial charge is 0.354 e. The molecule has 2 aromatic heterocycles. The highest BCUT2D eigenvalue weighted by molar-refractivity contribution is 7.99. The molecule has 1 aromatic carbocycles. The van der Waals surface area contributed by atoms with Crippen molar-refractivity contribution in [2.75, 3.05) is 18.8 Å². The van der Waals surface area contributed by atoms with E-state index in [4.69, 9.17) is 0 Å². The zero-order chi connectivity index (χ0) is 21.7. The lowest BCUT2D eigenvalue weighted by Crippen LogP contribution is -2.37.